The van der Waals surface area contributed by atoms with Crippen LogP contribution in [-0.2, 0) is 12.6 Å². The zero-order chi connectivity index (χ0) is 11.1. The molecule has 15 heavy (non-hydrogen) atoms. The molecule has 1 aromatic rings. The van der Waals surface area contributed by atoms with Gasteiger partial charge in [-0.2, -0.15) is 0 Å². The second-order valence-electron chi connectivity index (χ2n) is 5.07. The van der Waals surface area contributed by atoms with E-state index in [1.807, 2.05) is 17.8 Å². The van der Waals surface area contributed by atoms with E-state index in [0.717, 1.165) is 31.0 Å². The van der Waals surface area contributed by atoms with Gasteiger partial charge in [0.25, 0.3) is 0 Å². The Hall–Kier alpha value is -0.830. The maximum atomic E-state index is 10.7. The van der Waals surface area contributed by atoms with Crippen LogP contribution in [0.5, 0.6) is 0 Å². The van der Waals surface area contributed by atoms with Crippen LogP contribution in [-0.4, -0.2) is 14.7 Å². The quantitative estimate of drug-likeness (QED) is 0.767. The molecule has 1 heterocycles. The van der Waals surface area contributed by atoms with Crippen LogP contribution in [0.3, 0.4) is 0 Å². The first-order valence-electron chi connectivity index (χ1n) is 5.74. The van der Waals surface area contributed by atoms with Gasteiger partial charge in [0.15, 0.2) is 0 Å². The third-order valence-corrected chi connectivity index (χ3v) is 3.80. The molecule has 84 valence electrons. The van der Waals surface area contributed by atoms with Crippen LogP contribution >= 0.6 is 0 Å². The monoisotopic (exact) mass is 208 g/mol. The highest BCUT2D eigenvalue weighted by Crippen LogP contribution is 2.42. The number of aryl methyl sites for hydroxylation is 1. The summed E-state index contributed by atoms with van der Waals surface area (Å²) in [6.07, 6.45) is 6.67. The zero-order valence-electron chi connectivity index (χ0n) is 9.77. The highest BCUT2D eigenvalue weighted by atomic mass is 16.3. The molecule has 0 saturated heterocycles. The summed E-state index contributed by atoms with van der Waals surface area (Å²) in [6.45, 7) is 4.39. The Morgan fingerprint density at radius 1 is 1.53 bits per heavy atom. The van der Waals surface area contributed by atoms with Crippen molar-refractivity contribution in [3.8, 4) is 0 Å². The standard InChI is InChI=1S/C12H20N2O/c1-9-4-5-12(15,10(2)8-9)11-13-6-7-14(11)3/h6-7,9-10,15H,4-5,8H2,1-3H3. The normalized spacial score (nSPS) is 36.8. The number of rotatable bonds is 1. The molecule has 0 amide bonds. The lowest BCUT2D eigenvalue weighted by Gasteiger charge is -2.39. The van der Waals surface area contributed by atoms with Gasteiger partial charge in [0.2, 0.25) is 0 Å². The van der Waals surface area contributed by atoms with E-state index in [1.165, 1.54) is 0 Å². The Bertz CT molecular complexity index is 347. The summed E-state index contributed by atoms with van der Waals surface area (Å²) >= 11 is 0. The van der Waals surface area contributed by atoms with E-state index in [-0.39, 0.29) is 0 Å². The predicted molar refractivity (Wildman–Crippen MR) is 59.3 cm³/mol. The number of imidazole rings is 1. The Morgan fingerprint density at radius 2 is 2.27 bits per heavy atom. The molecule has 3 atom stereocenters. The lowest BCUT2D eigenvalue weighted by molar-refractivity contribution is -0.0676. The number of aromatic nitrogens is 2. The SMILES string of the molecule is CC1CCC(O)(c2nccn2C)C(C)C1. The average molecular weight is 208 g/mol. The van der Waals surface area contributed by atoms with Gasteiger partial charge in [-0.15, -0.1) is 0 Å². The van der Waals surface area contributed by atoms with E-state index in [0.29, 0.717) is 5.92 Å². The second-order valence-corrected chi connectivity index (χ2v) is 5.07. The molecule has 1 N–H and O–H groups in total. The number of hydrogen-bond donors (Lipinski definition) is 1. The molecule has 1 fully saturated rings. The molecule has 3 nitrogen and oxygen atoms in total. The molecular weight excluding hydrogens is 188 g/mol. The minimum atomic E-state index is -0.717. The topological polar surface area (TPSA) is 38.1 Å². The van der Waals surface area contributed by atoms with Gasteiger partial charge in [-0.1, -0.05) is 13.8 Å². The summed E-state index contributed by atoms with van der Waals surface area (Å²) in [5.41, 5.74) is -0.717. The molecule has 1 saturated carbocycles. The van der Waals surface area contributed by atoms with Crippen molar-refractivity contribution >= 4 is 0 Å². The van der Waals surface area contributed by atoms with Crippen molar-refractivity contribution in [3.63, 3.8) is 0 Å². The molecule has 2 rings (SSSR count). The van der Waals surface area contributed by atoms with Crippen LogP contribution in [0.1, 0.15) is 38.9 Å². The molecule has 3 unspecified atom stereocenters. The third kappa shape index (κ3) is 1.69. The van der Waals surface area contributed by atoms with Gasteiger partial charge in [0.1, 0.15) is 11.4 Å². The summed E-state index contributed by atoms with van der Waals surface area (Å²) < 4.78 is 1.94. The van der Waals surface area contributed by atoms with Crippen molar-refractivity contribution in [1.82, 2.24) is 9.55 Å². The summed E-state index contributed by atoms with van der Waals surface area (Å²) in [4.78, 5) is 4.30. The van der Waals surface area contributed by atoms with Gasteiger partial charge in [0.05, 0.1) is 0 Å². The Balaban J connectivity index is 2.30. The second kappa shape index (κ2) is 3.63. The van der Waals surface area contributed by atoms with Crippen molar-refractivity contribution in [2.45, 2.75) is 38.7 Å². The lowest BCUT2D eigenvalue weighted by Crippen LogP contribution is -2.40. The maximum Gasteiger partial charge on any atom is 0.140 e. The first-order valence-corrected chi connectivity index (χ1v) is 5.74. The molecule has 3 heteroatoms. The lowest BCUT2D eigenvalue weighted by atomic mass is 9.72. The molecule has 1 aliphatic rings. The van der Waals surface area contributed by atoms with Crippen LogP contribution in [0.4, 0.5) is 0 Å². The third-order valence-electron chi connectivity index (χ3n) is 3.80. The van der Waals surface area contributed by atoms with Gasteiger partial charge in [-0.05, 0) is 31.1 Å². The minimum absolute atomic E-state index is 0.294. The summed E-state index contributed by atoms with van der Waals surface area (Å²) in [7, 11) is 1.95. The van der Waals surface area contributed by atoms with E-state index in [4.69, 9.17) is 0 Å². The molecule has 0 bridgehead atoms. The predicted octanol–water partition coefficient (Wildman–Crippen LogP) is 2.06. The summed E-state index contributed by atoms with van der Waals surface area (Å²) in [5.74, 6) is 1.84. The summed E-state index contributed by atoms with van der Waals surface area (Å²) in [5, 5.41) is 10.7. The van der Waals surface area contributed by atoms with Crippen molar-refractivity contribution < 1.29 is 5.11 Å². The van der Waals surface area contributed by atoms with Crippen LogP contribution in [0, 0.1) is 11.8 Å². The van der Waals surface area contributed by atoms with Crippen LogP contribution in [0.2, 0.25) is 0 Å². The van der Waals surface area contributed by atoms with Gasteiger partial charge < -0.3 is 9.67 Å². The largest absolute Gasteiger partial charge is 0.382 e. The van der Waals surface area contributed by atoms with E-state index in [2.05, 4.69) is 18.8 Å². The molecule has 0 spiro atoms. The van der Waals surface area contributed by atoms with Crippen molar-refractivity contribution in [2.24, 2.45) is 18.9 Å². The molecular formula is C12H20N2O. The Labute approximate surface area is 91.1 Å². The highest BCUT2D eigenvalue weighted by Gasteiger charge is 2.42. The van der Waals surface area contributed by atoms with Gasteiger partial charge in [-0.3, -0.25) is 0 Å². The molecule has 1 aliphatic carbocycles. The fourth-order valence-electron chi connectivity index (χ4n) is 2.74. The van der Waals surface area contributed by atoms with Crippen molar-refractivity contribution in [3.05, 3.63) is 18.2 Å². The molecule has 0 aromatic carbocycles. The van der Waals surface area contributed by atoms with Crippen molar-refractivity contribution in [2.75, 3.05) is 0 Å². The Kier molecular flexibility index (Phi) is 2.59. The first kappa shape index (κ1) is 10.7. The maximum absolute atomic E-state index is 10.7. The van der Waals surface area contributed by atoms with Gasteiger partial charge >= 0.3 is 0 Å². The van der Waals surface area contributed by atoms with Crippen molar-refractivity contribution in [1.29, 1.82) is 0 Å². The average Bonchev–Trinajstić information content (AvgIpc) is 2.59. The minimum Gasteiger partial charge on any atom is -0.382 e. The molecule has 0 aliphatic heterocycles. The Morgan fingerprint density at radius 3 is 2.80 bits per heavy atom. The van der Waals surface area contributed by atoms with Gasteiger partial charge in [0, 0.05) is 19.4 Å². The molecule has 1 aromatic heterocycles. The fraction of sp³-hybridized carbons (Fsp3) is 0.750. The van der Waals surface area contributed by atoms with Crippen LogP contribution in [0.15, 0.2) is 12.4 Å². The molecule has 0 radical (unpaired) electrons. The first-order chi connectivity index (χ1) is 7.04. The summed E-state index contributed by atoms with van der Waals surface area (Å²) in [6, 6.07) is 0. The number of aliphatic hydroxyl groups is 1. The van der Waals surface area contributed by atoms with Gasteiger partial charge in [-0.25, -0.2) is 4.98 Å². The van der Waals surface area contributed by atoms with Crippen LogP contribution in [0.25, 0.3) is 0 Å². The van der Waals surface area contributed by atoms with E-state index < -0.39 is 5.60 Å². The van der Waals surface area contributed by atoms with E-state index in [1.54, 1.807) is 6.20 Å². The number of nitrogens with zero attached hydrogens (tertiary/aromatic N) is 2. The van der Waals surface area contributed by atoms with E-state index in [9.17, 15) is 5.11 Å². The fourth-order valence-corrected chi connectivity index (χ4v) is 2.74. The van der Waals surface area contributed by atoms with E-state index >= 15 is 0 Å². The van der Waals surface area contributed by atoms with Crippen LogP contribution < -0.4 is 0 Å². The number of hydrogen-bond acceptors (Lipinski definition) is 2. The highest BCUT2D eigenvalue weighted by molar-refractivity contribution is 5.08. The zero-order valence-corrected chi connectivity index (χ0v) is 9.77. The smallest absolute Gasteiger partial charge is 0.140 e.